The van der Waals surface area contributed by atoms with Crippen LogP contribution in [0.4, 0.5) is 0 Å². The fourth-order valence-electron chi connectivity index (χ4n) is 0.372. The summed E-state index contributed by atoms with van der Waals surface area (Å²) in [4.78, 5) is 0. The van der Waals surface area contributed by atoms with E-state index in [4.69, 9.17) is 9.68 Å². The first-order valence-electron chi connectivity index (χ1n) is 3.11. The van der Waals surface area contributed by atoms with Gasteiger partial charge in [0.25, 0.3) is 0 Å². The predicted molar refractivity (Wildman–Crippen MR) is 34.7 cm³/mol. The second-order valence-corrected chi connectivity index (χ2v) is 1.73. The third kappa shape index (κ3) is 4.15. The lowest BCUT2D eigenvalue weighted by Crippen LogP contribution is -2.16. The van der Waals surface area contributed by atoms with Crippen LogP contribution in [0.25, 0.3) is 0 Å². The first-order chi connectivity index (χ1) is 3.81. The second kappa shape index (κ2) is 5.13. The van der Waals surface area contributed by atoms with Crippen molar-refractivity contribution in [1.29, 1.82) is 0 Å². The van der Waals surface area contributed by atoms with Gasteiger partial charge in [-0.2, -0.15) is 0 Å². The molecule has 8 heavy (non-hydrogen) atoms. The molecule has 0 unspecified atom stereocenters. The van der Waals surface area contributed by atoms with Gasteiger partial charge in [-0.3, -0.25) is 0 Å². The molecule has 0 aliphatic carbocycles. The third-order valence-corrected chi connectivity index (χ3v) is 0.864. The predicted octanol–water partition coefficient (Wildman–Crippen LogP) is 0.913. The van der Waals surface area contributed by atoms with Gasteiger partial charge < -0.3 is 9.68 Å². The van der Waals surface area contributed by atoms with Crippen LogP contribution in [-0.4, -0.2) is 18.7 Å². The minimum Gasteiger partial charge on any atom is -0.427 e. The molecule has 0 aromatic rings. The molecule has 0 aromatic carbocycles. The van der Waals surface area contributed by atoms with Gasteiger partial charge in [-0.15, -0.1) is 0 Å². The van der Waals surface area contributed by atoms with Crippen molar-refractivity contribution >= 4 is 7.12 Å². The zero-order chi connectivity index (χ0) is 6.41. The monoisotopic (exact) mass is 116 g/mol. The van der Waals surface area contributed by atoms with Crippen LogP contribution in [-0.2, 0) is 4.65 Å². The first kappa shape index (κ1) is 7.98. The smallest absolute Gasteiger partial charge is 0.427 e. The van der Waals surface area contributed by atoms with Crippen LogP contribution < -0.4 is 0 Å². The third-order valence-electron chi connectivity index (χ3n) is 0.864. The summed E-state index contributed by atoms with van der Waals surface area (Å²) in [5.74, 6) is 0. The van der Waals surface area contributed by atoms with E-state index in [-0.39, 0.29) is 0 Å². The van der Waals surface area contributed by atoms with E-state index in [0.29, 0.717) is 12.9 Å². The van der Waals surface area contributed by atoms with E-state index in [1.165, 1.54) is 0 Å². The SMILES string of the molecule is CCCOB(O)CC. The Bertz CT molecular complexity index is 49.7. The summed E-state index contributed by atoms with van der Waals surface area (Å²) in [6, 6.07) is 0. The van der Waals surface area contributed by atoms with Crippen LogP contribution in [0.2, 0.25) is 6.32 Å². The molecule has 0 radical (unpaired) electrons. The molecule has 0 aromatic heterocycles. The van der Waals surface area contributed by atoms with Crippen LogP contribution >= 0.6 is 0 Å². The average Bonchev–Trinajstić information content (AvgIpc) is 1.83. The molecule has 0 saturated heterocycles. The molecule has 1 N–H and O–H groups in total. The van der Waals surface area contributed by atoms with Gasteiger partial charge in [0.2, 0.25) is 0 Å². The lowest BCUT2D eigenvalue weighted by atomic mass is 9.87. The van der Waals surface area contributed by atoms with Crippen molar-refractivity contribution in [3.8, 4) is 0 Å². The van der Waals surface area contributed by atoms with E-state index >= 15 is 0 Å². The molecular formula is C5H13BO2. The van der Waals surface area contributed by atoms with Gasteiger partial charge in [-0.25, -0.2) is 0 Å². The highest BCUT2D eigenvalue weighted by atomic mass is 16.5. The van der Waals surface area contributed by atoms with Gasteiger partial charge in [-0.1, -0.05) is 13.8 Å². The van der Waals surface area contributed by atoms with Crippen LogP contribution in [0.15, 0.2) is 0 Å². The highest BCUT2D eigenvalue weighted by Crippen LogP contribution is 1.89. The molecule has 0 rings (SSSR count). The summed E-state index contributed by atoms with van der Waals surface area (Å²) in [6.07, 6.45) is 1.65. The van der Waals surface area contributed by atoms with E-state index in [1.54, 1.807) is 0 Å². The van der Waals surface area contributed by atoms with Gasteiger partial charge in [0.15, 0.2) is 0 Å². The van der Waals surface area contributed by atoms with Crippen molar-refractivity contribution in [2.75, 3.05) is 6.61 Å². The fourth-order valence-corrected chi connectivity index (χ4v) is 0.372. The Balaban J connectivity index is 2.86. The number of hydrogen-bond acceptors (Lipinski definition) is 2. The maximum atomic E-state index is 8.77. The molecule has 0 amide bonds. The van der Waals surface area contributed by atoms with E-state index in [0.717, 1.165) is 6.42 Å². The number of rotatable bonds is 4. The molecule has 48 valence electrons. The summed E-state index contributed by atoms with van der Waals surface area (Å²) in [7, 11) is -0.546. The Morgan fingerprint density at radius 1 is 1.50 bits per heavy atom. The Labute approximate surface area is 51.0 Å². The Hall–Kier alpha value is -0.0151. The molecule has 0 bridgehead atoms. The van der Waals surface area contributed by atoms with Crippen molar-refractivity contribution in [2.24, 2.45) is 0 Å². The standard InChI is InChI=1S/C5H13BO2/c1-3-5-8-6(7)4-2/h7H,3-5H2,1-2H3. The minimum atomic E-state index is -0.546. The Morgan fingerprint density at radius 3 is 2.50 bits per heavy atom. The van der Waals surface area contributed by atoms with Gasteiger partial charge in [0.05, 0.1) is 0 Å². The van der Waals surface area contributed by atoms with E-state index in [1.807, 2.05) is 13.8 Å². The maximum Gasteiger partial charge on any atom is 0.453 e. The largest absolute Gasteiger partial charge is 0.453 e. The molecule has 0 heterocycles. The summed E-state index contributed by atoms with van der Waals surface area (Å²) >= 11 is 0. The van der Waals surface area contributed by atoms with Crippen molar-refractivity contribution in [1.82, 2.24) is 0 Å². The van der Waals surface area contributed by atoms with Gasteiger partial charge in [0.1, 0.15) is 0 Å². The van der Waals surface area contributed by atoms with Gasteiger partial charge in [0, 0.05) is 6.61 Å². The molecule has 0 fully saturated rings. The summed E-state index contributed by atoms with van der Waals surface area (Å²) in [6.45, 7) is 4.57. The topological polar surface area (TPSA) is 29.5 Å². The highest BCUT2D eigenvalue weighted by Gasteiger charge is 2.06. The maximum absolute atomic E-state index is 8.77. The fraction of sp³-hybridized carbons (Fsp3) is 1.00. The van der Waals surface area contributed by atoms with Crippen molar-refractivity contribution in [2.45, 2.75) is 26.6 Å². The molecule has 0 aliphatic rings. The zero-order valence-electron chi connectivity index (χ0n) is 5.55. The molecule has 0 atom stereocenters. The second-order valence-electron chi connectivity index (χ2n) is 1.73. The van der Waals surface area contributed by atoms with Crippen LogP contribution in [0, 0.1) is 0 Å². The quantitative estimate of drug-likeness (QED) is 0.553. The minimum absolute atomic E-state index is 0.546. The summed E-state index contributed by atoms with van der Waals surface area (Å²) in [5.41, 5.74) is 0. The van der Waals surface area contributed by atoms with Crippen molar-refractivity contribution < 1.29 is 9.68 Å². The molecule has 0 aliphatic heterocycles. The highest BCUT2D eigenvalue weighted by molar-refractivity contribution is 6.42. The molecule has 2 nitrogen and oxygen atoms in total. The van der Waals surface area contributed by atoms with E-state index < -0.39 is 7.12 Å². The Kier molecular flexibility index (Phi) is 5.12. The van der Waals surface area contributed by atoms with Crippen molar-refractivity contribution in [3.63, 3.8) is 0 Å². The van der Waals surface area contributed by atoms with E-state index in [2.05, 4.69) is 0 Å². The zero-order valence-corrected chi connectivity index (χ0v) is 5.55. The first-order valence-corrected chi connectivity index (χ1v) is 3.11. The van der Waals surface area contributed by atoms with Gasteiger partial charge in [-0.05, 0) is 12.7 Å². The molecule has 0 spiro atoms. The normalized spacial score (nSPS) is 9.38. The van der Waals surface area contributed by atoms with E-state index in [9.17, 15) is 0 Å². The number of hydrogen-bond donors (Lipinski definition) is 1. The average molecular weight is 116 g/mol. The summed E-state index contributed by atoms with van der Waals surface area (Å²) in [5, 5.41) is 8.77. The lowest BCUT2D eigenvalue weighted by Gasteiger charge is -2.01. The van der Waals surface area contributed by atoms with Crippen LogP contribution in [0.3, 0.4) is 0 Å². The summed E-state index contributed by atoms with van der Waals surface area (Å²) < 4.78 is 4.90. The molecule has 3 heteroatoms. The lowest BCUT2D eigenvalue weighted by molar-refractivity contribution is 0.260. The van der Waals surface area contributed by atoms with Crippen molar-refractivity contribution in [3.05, 3.63) is 0 Å². The molecular weight excluding hydrogens is 103 g/mol. The van der Waals surface area contributed by atoms with Crippen LogP contribution in [0.1, 0.15) is 20.3 Å². The van der Waals surface area contributed by atoms with Crippen LogP contribution in [0.5, 0.6) is 0 Å². The van der Waals surface area contributed by atoms with Gasteiger partial charge >= 0.3 is 7.12 Å². The Morgan fingerprint density at radius 2 is 2.12 bits per heavy atom. The molecule has 0 saturated carbocycles.